The molecule has 30 heavy (non-hydrogen) atoms. The molecule has 11 heteroatoms. The number of non-ortho nitro benzene ring substituents is 1. The summed E-state index contributed by atoms with van der Waals surface area (Å²) >= 11 is 12.1. The van der Waals surface area contributed by atoms with Crippen LogP contribution in [0.5, 0.6) is 0 Å². The van der Waals surface area contributed by atoms with Crippen LogP contribution >= 0.6 is 23.2 Å². The zero-order valence-corrected chi connectivity index (χ0v) is 18.3. The van der Waals surface area contributed by atoms with Crippen molar-refractivity contribution in [2.75, 3.05) is 18.4 Å². The molecule has 0 atom stereocenters. The van der Waals surface area contributed by atoms with Gasteiger partial charge in [0.15, 0.2) is 0 Å². The Balaban J connectivity index is 1.89. The van der Waals surface area contributed by atoms with E-state index in [4.69, 9.17) is 23.2 Å². The smallest absolute Gasteiger partial charge is 0.271 e. The first-order valence-corrected chi connectivity index (χ1v) is 11.3. The Morgan fingerprint density at radius 3 is 2.40 bits per heavy atom. The molecule has 1 aliphatic rings. The van der Waals surface area contributed by atoms with Gasteiger partial charge in [-0.3, -0.25) is 14.9 Å². The molecule has 0 radical (unpaired) electrons. The number of rotatable bonds is 5. The van der Waals surface area contributed by atoms with Gasteiger partial charge in [-0.25, -0.2) is 8.42 Å². The average molecular weight is 472 g/mol. The number of anilines is 1. The first-order chi connectivity index (χ1) is 14.1. The SMILES string of the molecule is CC1CCN(S(=O)(=O)c2ccc(Cl)c(C(=O)Nc3cc([N+](=O)[O-])ccc3Cl)c2)CC1. The van der Waals surface area contributed by atoms with E-state index in [1.807, 2.05) is 0 Å². The molecule has 1 saturated heterocycles. The highest BCUT2D eigenvalue weighted by Crippen LogP contribution is 2.30. The van der Waals surface area contributed by atoms with Gasteiger partial charge in [-0.05, 0) is 43.0 Å². The lowest BCUT2D eigenvalue weighted by atomic mass is 10.0. The lowest BCUT2D eigenvalue weighted by Gasteiger charge is -2.29. The highest BCUT2D eigenvalue weighted by Gasteiger charge is 2.29. The number of benzene rings is 2. The molecule has 8 nitrogen and oxygen atoms in total. The van der Waals surface area contributed by atoms with Crippen molar-refractivity contribution in [1.82, 2.24) is 4.31 Å². The number of carbonyl (C=O) groups is 1. The molecule has 160 valence electrons. The number of piperidine rings is 1. The number of hydrogen-bond donors (Lipinski definition) is 1. The number of carbonyl (C=O) groups excluding carboxylic acids is 1. The van der Waals surface area contributed by atoms with Crippen molar-refractivity contribution in [2.24, 2.45) is 5.92 Å². The van der Waals surface area contributed by atoms with Gasteiger partial charge in [0.05, 0.1) is 31.1 Å². The summed E-state index contributed by atoms with van der Waals surface area (Å²) in [5.41, 5.74) is -0.313. The number of nitrogens with one attached hydrogen (secondary N) is 1. The standard InChI is InChI=1S/C19H19Cl2N3O5S/c1-12-6-8-23(9-7-12)30(28,29)14-3-5-16(20)15(11-14)19(25)22-18-10-13(24(26)27)2-4-17(18)21/h2-5,10-12H,6-9H2,1H3,(H,22,25). The lowest BCUT2D eigenvalue weighted by Crippen LogP contribution is -2.37. The summed E-state index contributed by atoms with van der Waals surface area (Å²) in [6.45, 7) is 2.90. The van der Waals surface area contributed by atoms with Crippen LogP contribution in [-0.2, 0) is 10.0 Å². The predicted molar refractivity (Wildman–Crippen MR) is 115 cm³/mol. The Morgan fingerprint density at radius 1 is 1.13 bits per heavy atom. The molecule has 3 rings (SSSR count). The Hall–Kier alpha value is -2.20. The van der Waals surface area contributed by atoms with Crippen LogP contribution in [0.2, 0.25) is 10.0 Å². The average Bonchev–Trinajstić information content (AvgIpc) is 2.69. The minimum Gasteiger partial charge on any atom is -0.320 e. The molecule has 1 heterocycles. The van der Waals surface area contributed by atoms with E-state index in [1.165, 1.54) is 34.6 Å². The highest BCUT2D eigenvalue weighted by atomic mass is 35.5. The minimum absolute atomic E-state index is 0.0187. The van der Waals surface area contributed by atoms with Gasteiger partial charge in [0.2, 0.25) is 10.0 Å². The summed E-state index contributed by atoms with van der Waals surface area (Å²) in [6.07, 6.45) is 1.54. The molecular weight excluding hydrogens is 453 g/mol. The third-order valence-electron chi connectivity index (χ3n) is 4.97. The zero-order valence-electron chi connectivity index (χ0n) is 16.0. The summed E-state index contributed by atoms with van der Waals surface area (Å²) in [6, 6.07) is 7.50. The van der Waals surface area contributed by atoms with Crippen molar-refractivity contribution in [3.63, 3.8) is 0 Å². The van der Waals surface area contributed by atoms with Crippen LogP contribution in [0.25, 0.3) is 0 Å². The Kier molecular flexibility index (Phi) is 6.66. The maximum Gasteiger partial charge on any atom is 0.271 e. The predicted octanol–water partition coefficient (Wildman–Crippen LogP) is 4.57. The van der Waals surface area contributed by atoms with Crippen molar-refractivity contribution >= 4 is 50.5 Å². The van der Waals surface area contributed by atoms with Gasteiger partial charge in [-0.1, -0.05) is 30.1 Å². The first-order valence-electron chi connectivity index (χ1n) is 9.14. The van der Waals surface area contributed by atoms with E-state index >= 15 is 0 Å². The third kappa shape index (κ3) is 4.75. The Morgan fingerprint density at radius 2 is 1.77 bits per heavy atom. The second kappa shape index (κ2) is 8.89. The highest BCUT2D eigenvalue weighted by molar-refractivity contribution is 7.89. The van der Waals surface area contributed by atoms with Crippen molar-refractivity contribution in [1.29, 1.82) is 0 Å². The van der Waals surface area contributed by atoms with Crippen LogP contribution in [0.4, 0.5) is 11.4 Å². The van der Waals surface area contributed by atoms with Crippen molar-refractivity contribution < 1.29 is 18.1 Å². The van der Waals surface area contributed by atoms with Crippen LogP contribution in [0.1, 0.15) is 30.1 Å². The number of hydrogen-bond acceptors (Lipinski definition) is 5. The van der Waals surface area contributed by atoms with E-state index in [2.05, 4.69) is 12.2 Å². The van der Waals surface area contributed by atoms with Gasteiger partial charge in [0.1, 0.15) is 0 Å². The van der Waals surface area contributed by atoms with Gasteiger partial charge in [-0.2, -0.15) is 4.31 Å². The molecule has 1 N–H and O–H groups in total. The number of nitro groups is 1. The molecule has 1 amide bonds. The molecule has 1 aliphatic heterocycles. The second-order valence-electron chi connectivity index (χ2n) is 7.10. The molecular formula is C19H19Cl2N3O5S. The molecule has 0 aliphatic carbocycles. The third-order valence-corrected chi connectivity index (χ3v) is 7.53. The molecule has 2 aromatic carbocycles. The van der Waals surface area contributed by atoms with Gasteiger partial charge in [0.25, 0.3) is 11.6 Å². The largest absolute Gasteiger partial charge is 0.320 e. The van der Waals surface area contributed by atoms with Gasteiger partial charge >= 0.3 is 0 Å². The minimum atomic E-state index is -3.78. The van der Waals surface area contributed by atoms with E-state index in [-0.39, 0.29) is 31.9 Å². The fraction of sp³-hybridized carbons (Fsp3) is 0.316. The van der Waals surface area contributed by atoms with Crippen molar-refractivity contribution in [3.8, 4) is 0 Å². The number of halogens is 2. The Labute approximate surface area is 184 Å². The number of sulfonamides is 1. The summed E-state index contributed by atoms with van der Waals surface area (Å²) < 4.78 is 27.3. The van der Waals surface area contributed by atoms with Crippen LogP contribution in [0.15, 0.2) is 41.3 Å². The van der Waals surface area contributed by atoms with E-state index < -0.39 is 20.9 Å². The van der Waals surface area contributed by atoms with Gasteiger partial charge < -0.3 is 5.32 Å². The van der Waals surface area contributed by atoms with Crippen molar-refractivity contribution in [3.05, 3.63) is 62.1 Å². The fourth-order valence-corrected chi connectivity index (χ4v) is 4.99. The maximum atomic E-state index is 13.0. The zero-order chi connectivity index (χ0) is 22.1. The number of nitro benzene ring substituents is 1. The summed E-state index contributed by atoms with van der Waals surface area (Å²) in [5.74, 6) is -0.269. The van der Waals surface area contributed by atoms with Crippen LogP contribution in [0, 0.1) is 16.0 Å². The van der Waals surface area contributed by atoms with Crippen LogP contribution in [0.3, 0.4) is 0 Å². The van der Waals surface area contributed by atoms with Crippen LogP contribution in [-0.4, -0.2) is 36.6 Å². The van der Waals surface area contributed by atoms with E-state index in [9.17, 15) is 23.3 Å². The molecule has 0 aromatic heterocycles. The van der Waals surface area contributed by atoms with E-state index in [0.29, 0.717) is 19.0 Å². The molecule has 0 unspecified atom stereocenters. The first kappa shape index (κ1) is 22.5. The second-order valence-corrected chi connectivity index (χ2v) is 9.86. The quantitative estimate of drug-likeness (QED) is 0.506. The number of nitrogens with zero attached hydrogens (tertiary/aromatic N) is 2. The van der Waals surface area contributed by atoms with Gasteiger partial charge in [0, 0.05) is 25.2 Å². The summed E-state index contributed by atoms with van der Waals surface area (Å²) in [4.78, 5) is 23.0. The molecule has 1 fully saturated rings. The normalized spacial score (nSPS) is 15.7. The Bertz CT molecular complexity index is 1100. The molecule has 2 aromatic rings. The molecule has 0 saturated carbocycles. The number of amides is 1. The molecule has 0 spiro atoms. The maximum absolute atomic E-state index is 13.0. The lowest BCUT2D eigenvalue weighted by molar-refractivity contribution is -0.384. The summed E-state index contributed by atoms with van der Waals surface area (Å²) in [7, 11) is -3.78. The van der Waals surface area contributed by atoms with Gasteiger partial charge in [-0.15, -0.1) is 0 Å². The summed E-state index contributed by atoms with van der Waals surface area (Å²) in [5, 5.41) is 13.6. The van der Waals surface area contributed by atoms with Crippen LogP contribution < -0.4 is 5.32 Å². The molecule has 0 bridgehead atoms. The van der Waals surface area contributed by atoms with Crippen molar-refractivity contribution in [2.45, 2.75) is 24.7 Å². The topological polar surface area (TPSA) is 110 Å². The fourth-order valence-electron chi connectivity index (χ4n) is 3.13. The van der Waals surface area contributed by atoms with E-state index in [0.717, 1.165) is 18.9 Å². The van der Waals surface area contributed by atoms with E-state index in [1.54, 1.807) is 0 Å². The monoisotopic (exact) mass is 471 g/mol.